The van der Waals surface area contributed by atoms with Crippen LogP contribution in [0.5, 0.6) is 5.75 Å². The molecule has 0 saturated carbocycles. The summed E-state index contributed by atoms with van der Waals surface area (Å²) in [5, 5.41) is 14.7. The Morgan fingerprint density at radius 3 is 2.50 bits per heavy atom. The summed E-state index contributed by atoms with van der Waals surface area (Å²) in [6.45, 7) is 2.47. The monoisotopic (exact) mass is 460 g/mol. The van der Waals surface area contributed by atoms with Gasteiger partial charge in [-0.15, -0.1) is 0 Å². The van der Waals surface area contributed by atoms with Crippen molar-refractivity contribution in [3.8, 4) is 5.75 Å². The lowest BCUT2D eigenvalue weighted by atomic mass is 10.0. The van der Waals surface area contributed by atoms with E-state index in [9.17, 15) is 14.4 Å². The number of methoxy groups -OCH3 is 1. The van der Waals surface area contributed by atoms with Gasteiger partial charge in [0.05, 0.1) is 30.8 Å². The Kier molecular flexibility index (Phi) is 6.44. The molecule has 1 atom stereocenters. The van der Waals surface area contributed by atoms with Gasteiger partial charge in [-0.2, -0.15) is 0 Å². The minimum Gasteiger partial charge on any atom is -0.497 e. The van der Waals surface area contributed by atoms with E-state index in [-0.39, 0.29) is 30.1 Å². The number of nitrogens with zero attached hydrogens (tertiary/aromatic N) is 2. The van der Waals surface area contributed by atoms with Crippen molar-refractivity contribution in [1.82, 2.24) is 15.2 Å². The normalized spacial score (nSPS) is 13.5. The Balaban J connectivity index is 1.46. The second kappa shape index (κ2) is 9.62. The first-order chi connectivity index (χ1) is 16.4. The maximum atomic E-state index is 12.7. The molecule has 4 rings (SSSR count). The summed E-state index contributed by atoms with van der Waals surface area (Å²) >= 11 is 0. The van der Waals surface area contributed by atoms with E-state index >= 15 is 0 Å². The number of carbonyl (C=O) groups excluding carboxylic acids is 2. The van der Waals surface area contributed by atoms with Crippen molar-refractivity contribution in [2.75, 3.05) is 12.4 Å². The number of aromatic carboxylic acids is 1. The summed E-state index contributed by atoms with van der Waals surface area (Å²) in [6, 6.07) is 14.9. The molecule has 9 nitrogen and oxygen atoms in total. The van der Waals surface area contributed by atoms with E-state index in [0.717, 1.165) is 16.9 Å². The molecular weight excluding hydrogens is 436 g/mol. The predicted molar refractivity (Wildman–Crippen MR) is 125 cm³/mol. The summed E-state index contributed by atoms with van der Waals surface area (Å²) in [4.78, 5) is 42.3. The summed E-state index contributed by atoms with van der Waals surface area (Å²) < 4.78 is 5.14. The van der Waals surface area contributed by atoms with Crippen LogP contribution in [0.3, 0.4) is 0 Å². The van der Waals surface area contributed by atoms with Crippen LogP contribution in [0.1, 0.15) is 50.4 Å². The summed E-state index contributed by atoms with van der Waals surface area (Å²) in [5.74, 6) is -0.117. The number of nitrogens with one attached hydrogen (secondary N) is 2. The zero-order valence-corrected chi connectivity index (χ0v) is 18.7. The fourth-order valence-corrected chi connectivity index (χ4v) is 3.72. The van der Waals surface area contributed by atoms with Crippen LogP contribution in [-0.4, -0.2) is 40.0 Å². The Bertz CT molecular complexity index is 1230. The highest BCUT2D eigenvalue weighted by molar-refractivity contribution is 5.96. The molecule has 3 amide bonds. The van der Waals surface area contributed by atoms with Gasteiger partial charge in [0.25, 0.3) is 5.91 Å². The zero-order valence-electron chi connectivity index (χ0n) is 18.7. The van der Waals surface area contributed by atoms with E-state index in [1.807, 2.05) is 31.2 Å². The molecule has 9 heteroatoms. The van der Waals surface area contributed by atoms with Gasteiger partial charge in [0.15, 0.2) is 0 Å². The maximum Gasteiger partial charge on any atom is 0.335 e. The number of urea groups is 1. The number of amides is 3. The van der Waals surface area contributed by atoms with Crippen molar-refractivity contribution in [1.29, 1.82) is 0 Å². The standard InChI is InChI=1S/C25H24N4O5/c1-15(17-5-7-18(8-6-17)24(31)32)29-14-20-11-19(13-26-22(20)28-25(29)33)23(30)27-12-16-3-9-21(34-2)10-4-16/h3-11,13,15H,12,14H2,1-2H3,(H,27,30)(H,31,32)(H,26,28,33). The molecule has 1 aromatic heterocycles. The van der Waals surface area contributed by atoms with Gasteiger partial charge in [-0.25, -0.2) is 14.6 Å². The third-order valence-corrected chi connectivity index (χ3v) is 5.78. The first-order valence-corrected chi connectivity index (χ1v) is 10.7. The lowest BCUT2D eigenvalue weighted by Gasteiger charge is -2.34. The number of ether oxygens (including phenoxy) is 1. The van der Waals surface area contributed by atoms with E-state index in [4.69, 9.17) is 9.84 Å². The lowest BCUT2D eigenvalue weighted by molar-refractivity contribution is 0.0696. The van der Waals surface area contributed by atoms with Gasteiger partial charge in [-0.1, -0.05) is 24.3 Å². The third-order valence-electron chi connectivity index (χ3n) is 5.78. The molecule has 0 bridgehead atoms. The molecule has 0 saturated heterocycles. The predicted octanol–water partition coefficient (Wildman–Crippen LogP) is 3.83. The van der Waals surface area contributed by atoms with Gasteiger partial charge < -0.3 is 20.1 Å². The van der Waals surface area contributed by atoms with Gasteiger partial charge in [-0.05, 0) is 48.4 Å². The van der Waals surface area contributed by atoms with Crippen LogP contribution in [-0.2, 0) is 13.1 Å². The van der Waals surface area contributed by atoms with Crippen LogP contribution < -0.4 is 15.4 Å². The lowest BCUT2D eigenvalue weighted by Crippen LogP contribution is -2.40. The highest BCUT2D eigenvalue weighted by Crippen LogP contribution is 2.29. The third kappa shape index (κ3) is 4.83. The van der Waals surface area contributed by atoms with E-state index in [2.05, 4.69) is 15.6 Å². The quantitative estimate of drug-likeness (QED) is 0.493. The number of fused-ring (bicyclic) bond motifs is 1. The molecule has 0 aliphatic carbocycles. The number of aromatic nitrogens is 1. The van der Waals surface area contributed by atoms with Crippen LogP contribution in [0.2, 0.25) is 0 Å². The number of pyridine rings is 1. The molecule has 1 unspecified atom stereocenters. The van der Waals surface area contributed by atoms with Crippen molar-refractivity contribution >= 4 is 23.7 Å². The van der Waals surface area contributed by atoms with E-state index in [1.54, 1.807) is 30.2 Å². The summed E-state index contributed by atoms with van der Waals surface area (Å²) in [6.07, 6.45) is 1.44. The number of hydrogen-bond donors (Lipinski definition) is 3. The average molecular weight is 460 g/mol. The summed E-state index contributed by atoms with van der Waals surface area (Å²) in [7, 11) is 1.60. The van der Waals surface area contributed by atoms with Crippen LogP contribution >= 0.6 is 0 Å². The molecular formula is C25H24N4O5. The first kappa shape index (κ1) is 22.8. The average Bonchev–Trinajstić information content (AvgIpc) is 2.86. The molecule has 0 radical (unpaired) electrons. The number of hydrogen-bond acceptors (Lipinski definition) is 5. The number of rotatable bonds is 7. The largest absolute Gasteiger partial charge is 0.497 e. The SMILES string of the molecule is COc1ccc(CNC(=O)c2cnc3c(c2)CN(C(C)c2ccc(C(=O)O)cc2)C(=O)N3)cc1. The van der Waals surface area contributed by atoms with Crippen molar-refractivity contribution in [2.24, 2.45) is 0 Å². The minimum absolute atomic E-state index is 0.180. The van der Waals surface area contributed by atoms with E-state index in [0.29, 0.717) is 23.5 Å². The minimum atomic E-state index is -1.01. The van der Waals surface area contributed by atoms with Gasteiger partial charge in [0.1, 0.15) is 11.6 Å². The summed E-state index contributed by atoms with van der Waals surface area (Å²) in [5.41, 5.74) is 3.01. The number of carboxylic acids is 1. The molecule has 1 aliphatic rings. The van der Waals surface area contributed by atoms with Crippen LogP contribution in [0.4, 0.5) is 10.6 Å². The number of carbonyl (C=O) groups is 3. The molecule has 2 heterocycles. The van der Waals surface area contributed by atoms with Crippen LogP contribution in [0, 0.1) is 0 Å². The van der Waals surface area contributed by atoms with Crippen molar-refractivity contribution in [3.63, 3.8) is 0 Å². The Morgan fingerprint density at radius 2 is 1.85 bits per heavy atom. The zero-order chi connectivity index (χ0) is 24.2. The van der Waals surface area contributed by atoms with E-state index < -0.39 is 5.97 Å². The fourth-order valence-electron chi connectivity index (χ4n) is 3.72. The highest BCUT2D eigenvalue weighted by Gasteiger charge is 2.29. The van der Waals surface area contributed by atoms with Gasteiger partial charge in [0.2, 0.25) is 0 Å². The number of benzene rings is 2. The van der Waals surface area contributed by atoms with Crippen molar-refractivity contribution in [3.05, 3.63) is 88.6 Å². The van der Waals surface area contributed by atoms with Gasteiger partial charge in [0, 0.05) is 18.3 Å². The Labute approximate surface area is 196 Å². The molecule has 0 fully saturated rings. The van der Waals surface area contributed by atoms with Crippen molar-refractivity contribution in [2.45, 2.75) is 26.1 Å². The Hall–Kier alpha value is -4.40. The number of anilines is 1. The smallest absolute Gasteiger partial charge is 0.335 e. The second-order valence-electron chi connectivity index (χ2n) is 7.92. The molecule has 3 aromatic rings. The first-order valence-electron chi connectivity index (χ1n) is 10.7. The molecule has 1 aliphatic heterocycles. The fraction of sp³-hybridized carbons (Fsp3) is 0.200. The van der Waals surface area contributed by atoms with Gasteiger partial charge in [-0.3, -0.25) is 10.1 Å². The highest BCUT2D eigenvalue weighted by atomic mass is 16.5. The molecule has 2 aromatic carbocycles. The van der Waals surface area contributed by atoms with Gasteiger partial charge >= 0.3 is 12.0 Å². The molecule has 34 heavy (non-hydrogen) atoms. The Morgan fingerprint density at radius 1 is 1.15 bits per heavy atom. The van der Waals surface area contributed by atoms with Crippen LogP contribution in [0.15, 0.2) is 60.8 Å². The van der Waals surface area contributed by atoms with Crippen LogP contribution in [0.25, 0.3) is 0 Å². The molecule has 174 valence electrons. The second-order valence-corrected chi connectivity index (χ2v) is 7.92. The molecule has 3 N–H and O–H groups in total. The molecule has 0 spiro atoms. The van der Waals surface area contributed by atoms with E-state index in [1.165, 1.54) is 18.3 Å². The number of carboxylic acid groups (broad SMARTS) is 1. The van der Waals surface area contributed by atoms with Crippen molar-refractivity contribution < 1.29 is 24.2 Å². The topological polar surface area (TPSA) is 121 Å². The maximum absolute atomic E-state index is 12.7.